The van der Waals surface area contributed by atoms with E-state index in [1.807, 2.05) is 19.1 Å². The Hall–Kier alpha value is -2.16. The van der Waals surface area contributed by atoms with E-state index in [1.165, 1.54) is 0 Å². The highest BCUT2D eigenvalue weighted by Gasteiger charge is 1.92. The Morgan fingerprint density at radius 2 is 1.56 bits per heavy atom. The van der Waals surface area contributed by atoms with Gasteiger partial charge in [-0.05, 0) is 36.8 Å². The van der Waals surface area contributed by atoms with E-state index in [0.717, 1.165) is 5.56 Å². The molecule has 0 saturated heterocycles. The summed E-state index contributed by atoms with van der Waals surface area (Å²) in [5.41, 5.74) is 6.79. The third kappa shape index (κ3) is 3.92. The van der Waals surface area contributed by atoms with Crippen LogP contribution in [0.25, 0.3) is 0 Å². The van der Waals surface area contributed by atoms with Gasteiger partial charge in [-0.15, -0.1) is 0 Å². The van der Waals surface area contributed by atoms with E-state index in [-0.39, 0.29) is 5.75 Å². The van der Waals surface area contributed by atoms with Gasteiger partial charge in [-0.1, -0.05) is 24.3 Å². The second-order valence-corrected chi connectivity index (χ2v) is 3.40. The van der Waals surface area contributed by atoms with Gasteiger partial charge in [0.05, 0.1) is 5.69 Å². The molecule has 0 bridgehead atoms. The quantitative estimate of drug-likeness (QED) is 0.469. The van der Waals surface area contributed by atoms with Gasteiger partial charge in [0.2, 0.25) is 0 Å². The Morgan fingerprint density at radius 3 is 1.94 bits per heavy atom. The molecule has 0 radical (unpaired) electrons. The van der Waals surface area contributed by atoms with Crippen molar-refractivity contribution in [3.63, 3.8) is 0 Å². The Kier molecular flexibility index (Phi) is 4.21. The van der Waals surface area contributed by atoms with Crippen LogP contribution in [0.15, 0.2) is 48.5 Å². The van der Waals surface area contributed by atoms with Crippen LogP contribution in [0.5, 0.6) is 11.5 Å². The molecule has 84 valence electrons. The van der Waals surface area contributed by atoms with Gasteiger partial charge in [-0.3, -0.25) is 0 Å². The van der Waals surface area contributed by atoms with Crippen molar-refractivity contribution < 1.29 is 10.2 Å². The molecule has 2 aromatic carbocycles. The normalized spacial score (nSPS) is 9.06. The van der Waals surface area contributed by atoms with Gasteiger partial charge in [-0.25, -0.2) is 0 Å². The average molecular weight is 217 g/mol. The second kappa shape index (κ2) is 5.66. The van der Waals surface area contributed by atoms with Crippen molar-refractivity contribution in [1.29, 1.82) is 0 Å². The number of aryl methyl sites for hydroxylation is 1. The topological polar surface area (TPSA) is 66.5 Å². The van der Waals surface area contributed by atoms with Crippen LogP contribution in [0.2, 0.25) is 0 Å². The van der Waals surface area contributed by atoms with Gasteiger partial charge in [0.25, 0.3) is 0 Å². The van der Waals surface area contributed by atoms with Gasteiger partial charge in [-0.2, -0.15) is 0 Å². The highest BCUT2D eigenvalue weighted by Crippen LogP contribution is 2.19. The molecule has 0 aliphatic carbocycles. The second-order valence-electron chi connectivity index (χ2n) is 3.40. The molecule has 2 rings (SSSR count). The summed E-state index contributed by atoms with van der Waals surface area (Å²) < 4.78 is 0. The summed E-state index contributed by atoms with van der Waals surface area (Å²) in [4.78, 5) is 0. The van der Waals surface area contributed by atoms with E-state index >= 15 is 0 Å². The maximum atomic E-state index is 8.98. The molecule has 2 aromatic rings. The molecule has 0 aliphatic rings. The van der Waals surface area contributed by atoms with Crippen molar-refractivity contribution >= 4 is 5.69 Å². The van der Waals surface area contributed by atoms with Crippen molar-refractivity contribution in [2.24, 2.45) is 0 Å². The summed E-state index contributed by atoms with van der Waals surface area (Å²) in [5.74, 6) is 0.484. The fourth-order valence-electron chi connectivity index (χ4n) is 1.08. The lowest BCUT2D eigenvalue weighted by Crippen LogP contribution is -1.84. The standard InChI is InChI=1S/C7H9NO.C6H6O/c1-5-2-3-6(8)7(9)4-5;7-6-4-2-1-3-5-6/h2-4,9H,8H2,1H3;1-5,7H. The van der Waals surface area contributed by atoms with Crippen LogP contribution in [-0.2, 0) is 0 Å². The first-order valence-electron chi connectivity index (χ1n) is 4.88. The fourth-order valence-corrected chi connectivity index (χ4v) is 1.08. The first-order valence-corrected chi connectivity index (χ1v) is 4.88. The van der Waals surface area contributed by atoms with Crippen molar-refractivity contribution in [2.75, 3.05) is 5.73 Å². The molecule has 0 unspecified atom stereocenters. The molecule has 0 aromatic heterocycles. The van der Waals surface area contributed by atoms with E-state index in [2.05, 4.69) is 0 Å². The highest BCUT2D eigenvalue weighted by molar-refractivity contribution is 5.52. The summed E-state index contributed by atoms with van der Waals surface area (Å²) in [5, 5.41) is 17.6. The molecule has 0 aliphatic heterocycles. The molecule has 3 nitrogen and oxygen atoms in total. The van der Waals surface area contributed by atoms with E-state index in [4.69, 9.17) is 15.9 Å². The maximum absolute atomic E-state index is 8.98. The summed E-state index contributed by atoms with van der Waals surface area (Å²) >= 11 is 0. The van der Waals surface area contributed by atoms with E-state index in [1.54, 1.807) is 36.4 Å². The van der Waals surface area contributed by atoms with Crippen LogP contribution in [0.1, 0.15) is 5.56 Å². The number of anilines is 1. The number of phenolic OH excluding ortho intramolecular Hbond substituents is 2. The molecule has 0 fully saturated rings. The van der Waals surface area contributed by atoms with Gasteiger partial charge in [0.15, 0.2) is 0 Å². The monoisotopic (exact) mass is 217 g/mol. The predicted octanol–water partition coefficient (Wildman–Crippen LogP) is 2.68. The lowest BCUT2D eigenvalue weighted by atomic mass is 10.2. The number of aromatic hydroxyl groups is 2. The van der Waals surface area contributed by atoms with Crippen LogP contribution < -0.4 is 5.73 Å². The van der Waals surface area contributed by atoms with Crippen molar-refractivity contribution in [3.8, 4) is 11.5 Å². The zero-order valence-corrected chi connectivity index (χ0v) is 9.09. The Bertz CT molecular complexity index is 441. The van der Waals surface area contributed by atoms with Crippen molar-refractivity contribution in [3.05, 3.63) is 54.1 Å². The summed E-state index contributed by atoms with van der Waals surface area (Å²) in [7, 11) is 0. The van der Waals surface area contributed by atoms with E-state index in [0.29, 0.717) is 11.4 Å². The van der Waals surface area contributed by atoms with Crippen molar-refractivity contribution in [1.82, 2.24) is 0 Å². The Balaban J connectivity index is 0.000000165. The highest BCUT2D eigenvalue weighted by atomic mass is 16.3. The molecule has 0 amide bonds. The van der Waals surface area contributed by atoms with Crippen LogP contribution in [-0.4, -0.2) is 10.2 Å². The SMILES string of the molecule is Cc1ccc(N)c(O)c1.Oc1ccccc1. The Labute approximate surface area is 94.8 Å². The molecule has 0 spiro atoms. The number of hydrogen-bond acceptors (Lipinski definition) is 3. The summed E-state index contributed by atoms with van der Waals surface area (Å²) in [6, 6.07) is 13.9. The fraction of sp³-hybridized carbons (Fsp3) is 0.0769. The van der Waals surface area contributed by atoms with Crippen LogP contribution in [0.4, 0.5) is 5.69 Å². The molecular weight excluding hydrogens is 202 g/mol. The minimum atomic E-state index is 0.162. The first kappa shape index (κ1) is 11.9. The zero-order chi connectivity index (χ0) is 12.0. The molecule has 0 heterocycles. The lowest BCUT2D eigenvalue weighted by Gasteiger charge is -1.97. The van der Waals surface area contributed by atoms with Gasteiger partial charge >= 0.3 is 0 Å². The number of para-hydroxylation sites is 1. The number of phenols is 2. The molecule has 3 heteroatoms. The van der Waals surface area contributed by atoms with Gasteiger partial charge in [0, 0.05) is 0 Å². The number of hydrogen-bond donors (Lipinski definition) is 3. The van der Waals surface area contributed by atoms with Crippen LogP contribution >= 0.6 is 0 Å². The Morgan fingerprint density at radius 1 is 0.938 bits per heavy atom. The van der Waals surface area contributed by atoms with Crippen molar-refractivity contribution in [2.45, 2.75) is 6.92 Å². The third-order valence-electron chi connectivity index (χ3n) is 1.94. The van der Waals surface area contributed by atoms with Gasteiger partial charge in [0.1, 0.15) is 11.5 Å². The smallest absolute Gasteiger partial charge is 0.138 e. The number of nitrogen functional groups attached to an aromatic ring is 1. The lowest BCUT2D eigenvalue weighted by molar-refractivity contribution is 0.475. The summed E-state index contributed by atoms with van der Waals surface area (Å²) in [6.07, 6.45) is 0. The minimum absolute atomic E-state index is 0.162. The average Bonchev–Trinajstić information content (AvgIpc) is 2.26. The van der Waals surface area contributed by atoms with E-state index in [9.17, 15) is 0 Å². The molecule has 4 N–H and O–H groups in total. The zero-order valence-electron chi connectivity index (χ0n) is 9.09. The first-order chi connectivity index (χ1) is 7.59. The number of benzene rings is 2. The molecule has 0 atom stereocenters. The maximum Gasteiger partial charge on any atom is 0.138 e. The minimum Gasteiger partial charge on any atom is -0.508 e. The molecule has 16 heavy (non-hydrogen) atoms. The number of rotatable bonds is 0. The molecule has 0 saturated carbocycles. The summed E-state index contributed by atoms with van der Waals surface area (Å²) in [6.45, 7) is 1.90. The van der Waals surface area contributed by atoms with Crippen LogP contribution in [0.3, 0.4) is 0 Å². The molecular formula is C13H15NO2. The number of nitrogens with two attached hydrogens (primary N) is 1. The van der Waals surface area contributed by atoms with E-state index < -0.39 is 0 Å². The predicted molar refractivity (Wildman–Crippen MR) is 65.4 cm³/mol. The third-order valence-corrected chi connectivity index (χ3v) is 1.94. The van der Waals surface area contributed by atoms with Crippen LogP contribution in [0, 0.1) is 6.92 Å². The largest absolute Gasteiger partial charge is 0.508 e. The van der Waals surface area contributed by atoms with Gasteiger partial charge < -0.3 is 15.9 Å².